The average Bonchev–Trinajstić information content (AvgIpc) is 2.72. The van der Waals surface area contributed by atoms with Crippen LogP contribution in [0.3, 0.4) is 0 Å². The number of hydrogen-bond acceptors (Lipinski definition) is 4. The van der Waals surface area contributed by atoms with Crippen LogP contribution in [0.2, 0.25) is 0 Å². The van der Waals surface area contributed by atoms with Gasteiger partial charge in [-0.3, -0.25) is 9.78 Å². The number of benzene rings is 1. The van der Waals surface area contributed by atoms with Crippen molar-refractivity contribution in [3.05, 3.63) is 66.5 Å². The number of carbonyl (C=O) groups is 1. The zero-order valence-electron chi connectivity index (χ0n) is 15.0. The molecule has 3 rings (SSSR count). The number of rotatable bonds is 6. The van der Waals surface area contributed by atoms with E-state index in [9.17, 15) is 13.2 Å². The molecule has 142 valence electrons. The van der Waals surface area contributed by atoms with Crippen LogP contribution in [0.15, 0.2) is 65.8 Å². The fourth-order valence-corrected chi connectivity index (χ4v) is 4.48. The molecule has 1 fully saturated rings. The quantitative estimate of drug-likeness (QED) is 0.774. The van der Waals surface area contributed by atoms with Crippen molar-refractivity contribution in [3.8, 4) is 0 Å². The highest BCUT2D eigenvalue weighted by molar-refractivity contribution is 7.89. The Balaban J connectivity index is 1.46. The Kier molecular flexibility index (Phi) is 6.36. The lowest BCUT2D eigenvalue weighted by molar-refractivity contribution is -0.116. The third-order valence-electron chi connectivity index (χ3n) is 4.64. The molecule has 1 N–H and O–H groups in total. The number of hydrogen-bond donors (Lipinski definition) is 1. The topological polar surface area (TPSA) is 79.4 Å². The summed E-state index contributed by atoms with van der Waals surface area (Å²) in [5, 5.41) is 2.90. The molecule has 1 saturated heterocycles. The highest BCUT2D eigenvalue weighted by atomic mass is 32.2. The van der Waals surface area contributed by atoms with Crippen molar-refractivity contribution in [3.63, 3.8) is 0 Å². The van der Waals surface area contributed by atoms with Crippen LogP contribution in [-0.4, -0.2) is 43.2 Å². The maximum absolute atomic E-state index is 12.6. The number of sulfonamides is 1. The van der Waals surface area contributed by atoms with Crippen molar-refractivity contribution in [2.45, 2.75) is 17.7 Å². The Labute approximate surface area is 160 Å². The van der Waals surface area contributed by atoms with Crippen LogP contribution in [0, 0.1) is 5.92 Å². The van der Waals surface area contributed by atoms with Crippen molar-refractivity contribution >= 4 is 22.0 Å². The summed E-state index contributed by atoms with van der Waals surface area (Å²) in [7, 11) is -3.48. The first-order valence-corrected chi connectivity index (χ1v) is 10.4. The fourth-order valence-electron chi connectivity index (χ4n) is 3.04. The normalized spacial score (nSPS) is 16.4. The SMILES string of the molecule is O=C(/C=C/c1ccccc1)NCC1CCN(S(=O)(=O)c2cccnc2)CC1. The van der Waals surface area contributed by atoms with Crippen molar-refractivity contribution in [1.82, 2.24) is 14.6 Å². The third kappa shape index (κ3) is 5.24. The van der Waals surface area contributed by atoms with E-state index < -0.39 is 10.0 Å². The molecular weight excluding hydrogens is 362 g/mol. The molecule has 2 aromatic rings. The molecule has 1 aromatic heterocycles. The molecule has 0 atom stereocenters. The zero-order valence-corrected chi connectivity index (χ0v) is 15.8. The van der Waals surface area contributed by atoms with Crippen LogP contribution in [0.4, 0.5) is 0 Å². The molecule has 0 aliphatic carbocycles. The van der Waals surface area contributed by atoms with Gasteiger partial charge in [-0.25, -0.2) is 8.42 Å². The van der Waals surface area contributed by atoms with E-state index in [1.54, 1.807) is 24.4 Å². The van der Waals surface area contributed by atoms with Crippen molar-refractivity contribution in [2.75, 3.05) is 19.6 Å². The number of nitrogens with zero attached hydrogens (tertiary/aromatic N) is 2. The number of nitrogens with one attached hydrogen (secondary N) is 1. The second kappa shape index (κ2) is 8.92. The summed E-state index contributed by atoms with van der Waals surface area (Å²) in [6, 6.07) is 12.8. The Hall–Kier alpha value is -2.51. The zero-order chi connectivity index (χ0) is 19.1. The smallest absolute Gasteiger partial charge is 0.244 e. The second-order valence-electron chi connectivity index (χ2n) is 6.53. The molecule has 1 aliphatic heterocycles. The van der Waals surface area contributed by atoms with Crippen LogP contribution >= 0.6 is 0 Å². The fraction of sp³-hybridized carbons (Fsp3) is 0.300. The predicted octanol–water partition coefficient (Wildman–Crippen LogP) is 2.31. The van der Waals surface area contributed by atoms with E-state index in [-0.39, 0.29) is 16.7 Å². The lowest BCUT2D eigenvalue weighted by Crippen LogP contribution is -2.41. The minimum atomic E-state index is -3.48. The van der Waals surface area contributed by atoms with E-state index in [1.807, 2.05) is 30.3 Å². The molecule has 1 aliphatic rings. The van der Waals surface area contributed by atoms with E-state index >= 15 is 0 Å². The summed E-state index contributed by atoms with van der Waals surface area (Å²) in [4.78, 5) is 16.1. The molecule has 0 spiro atoms. The van der Waals surface area contributed by atoms with E-state index in [0.717, 1.165) is 18.4 Å². The van der Waals surface area contributed by atoms with Crippen molar-refractivity contribution in [1.29, 1.82) is 0 Å². The van der Waals surface area contributed by atoms with Crippen LogP contribution in [0.25, 0.3) is 6.08 Å². The van der Waals surface area contributed by atoms with Crippen LogP contribution < -0.4 is 5.32 Å². The number of carbonyl (C=O) groups excluding carboxylic acids is 1. The minimum Gasteiger partial charge on any atom is -0.352 e. The maximum atomic E-state index is 12.6. The first-order chi connectivity index (χ1) is 13.1. The largest absolute Gasteiger partial charge is 0.352 e. The first-order valence-electron chi connectivity index (χ1n) is 8.97. The van der Waals surface area contributed by atoms with Crippen molar-refractivity contribution < 1.29 is 13.2 Å². The van der Waals surface area contributed by atoms with Crippen LogP contribution in [0.1, 0.15) is 18.4 Å². The molecule has 1 amide bonds. The molecule has 2 heterocycles. The lowest BCUT2D eigenvalue weighted by atomic mass is 9.98. The van der Waals surface area contributed by atoms with Gasteiger partial charge in [0.2, 0.25) is 15.9 Å². The summed E-state index contributed by atoms with van der Waals surface area (Å²) in [6.45, 7) is 1.47. The van der Waals surface area contributed by atoms with Gasteiger partial charge in [0, 0.05) is 38.1 Å². The molecule has 0 unspecified atom stereocenters. The van der Waals surface area contributed by atoms with Gasteiger partial charge in [-0.2, -0.15) is 4.31 Å². The van der Waals surface area contributed by atoms with E-state index in [1.165, 1.54) is 16.6 Å². The summed E-state index contributed by atoms with van der Waals surface area (Å²) in [6.07, 6.45) is 7.68. The Morgan fingerprint density at radius 2 is 1.89 bits per heavy atom. The van der Waals surface area contributed by atoms with Gasteiger partial charge in [-0.1, -0.05) is 30.3 Å². The molecule has 6 nitrogen and oxygen atoms in total. The van der Waals surface area contributed by atoms with Crippen LogP contribution in [-0.2, 0) is 14.8 Å². The molecule has 1 aromatic carbocycles. The standard InChI is InChI=1S/C20H23N3O3S/c24-20(9-8-17-5-2-1-3-6-17)22-15-18-10-13-23(14-11-18)27(25,26)19-7-4-12-21-16-19/h1-9,12,16,18H,10-11,13-15H2,(H,22,24)/b9-8+. The van der Waals surface area contributed by atoms with Crippen LogP contribution in [0.5, 0.6) is 0 Å². The highest BCUT2D eigenvalue weighted by Crippen LogP contribution is 2.23. The van der Waals surface area contributed by atoms with Gasteiger partial charge in [-0.05, 0) is 42.5 Å². The molecule has 0 saturated carbocycles. The highest BCUT2D eigenvalue weighted by Gasteiger charge is 2.29. The van der Waals surface area contributed by atoms with Gasteiger partial charge in [0.1, 0.15) is 4.90 Å². The molecule has 27 heavy (non-hydrogen) atoms. The summed E-state index contributed by atoms with van der Waals surface area (Å²) in [5.41, 5.74) is 0.974. The van der Waals surface area contributed by atoms with Gasteiger partial charge in [0.25, 0.3) is 0 Å². The number of amides is 1. The molecule has 0 radical (unpaired) electrons. The summed E-state index contributed by atoms with van der Waals surface area (Å²) in [5.74, 6) is 0.142. The van der Waals surface area contributed by atoms with E-state index in [0.29, 0.717) is 19.6 Å². The van der Waals surface area contributed by atoms with Crippen molar-refractivity contribution in [2.24, 2.45) is 5.92 Å². The Bertz CT molecular complexity index is 875. The number of piperidine rings is 1. The van der Waals surface area contributed by atoms with Gasteiger partial charge in [0.15, 0.2) is 0 Å². The summed E-state index contributed by atoms with van der Waals surface area (Å²) >= 11 is 0. The minimum absolute atomic E-state index is 0.135. The number of aromatic nitrogens is 1. The number of pyridine rings is 1. The van der Waals surface area contributed by atoms with E-state index in [4.69, 9.17) is 0 Å². The van der Waals surface area contributed by atoms with Gasteiger partial charge >= 0.3 is 0 Å². The molecule has 0 bridgehead atoms. The predicted molar refractivity (Wildman–Crippen MR) is 104 cm³/mol. The average molecular weight is 385 g/mol. The first kappa shape index (κ1) is 19.3. The summed E-state index contributed by atoms with van der Waals surface area (Å²) < 4.78 is 26.7. The second-order valence-corrected chi connectivity index (χ2v) is 8.46. The Morgan fingerprint density at radius 1 is 1.15 bits per heavy atom. The Morgan fingerprint density at radius 3 is 2.56 bits per heavy atom. The van der Waals surface area contributed by atoms with Gasteiger partial charge in [-0.15, -0.1) is 0 Å². The molecular formula is C20H23N3O3S. The lowest BCUT2D eigenvalue weighted by Gasteiger charge is -2.31. The third-order valence-corrected chi connectivity index (χ3v) is 6.52. The van der Waals surface area contributed by atoms with E-state index in [2.05, 4.69) is 10.3 Å². The monoisotopic (exact) mass is 385 g/mol. The van der Waals surface area contributed by atoms with Gasteiger partial charge < -0.3 is 5.32 Å². The van der Waals surface area contributed by atoms with Gasteiger partial charge in [0.05, 0.1) is 0 Å². The molecule has 7 heteroatoms. The maximum Gasteiger partial charge on any atom is 0.244 e.